The van der Waals surface area contributed by atoms with E-state index in [-0.39, 0.29) is 5.75 Å². The second-order valence-electron chi connectivity index (χ2n) is 4.15. The van der Waals surface area contributed by atoms with Crippen LogP contribution in [0.15, 0.2) is 36.5 Å². The normalized spacial score (nSPS) is 15.4. The Labute approximate surface area is 94.3 Å². The number of rotatable bonds is 1. The summed E-state index contributed by atoms with van der Waals surface area (Å²) in [4.78, 5) is 4.24. The minimum atomic E-state index is 0.262. The number of hydrogen-bond donors (Lipinski definition) is 1. The zero-order chi connectivity index (χ0) is 11.0. The van der Waals surface area contributed by atoms with E-state index in [1.807, 2.05) is 18.2 Å². The van der Waals surface area contributed by atoms with Gasteiger partial charge in [-0.25, -0.2) is 0 Å². The van der Waals surface area contributed by atoms with Gasteiger partial charge >= 0.3 is 0 Å². The lowest BCUT2D eigenvalue weighted by Gasteiger charge is -2.08. The van der Waals surface area contributed by atoms with Crippen LogP contribution in [0.5, 0.6) is 5.75 Å². The van der Waals surface area contributed by atoms with Crippen molar-refractivity contribution in [2.45, 2.75) is 19.3 Å². The molecule has 1 aliphatic carbocycles. The summed E-state index contributed by atoms with van der Waals surface area (Å²) in [5.74, 6) is 0.262. The zero-order valence-corrected chi connectivity index (χ0v) is 8.98. The van der Waals surface area contributed by atoms with Crippen LogP contribution < -0.4 is 0 Å². The van der Waals surface area contributed by atoms with Gasteiger partial charge in [-0.05, 0) is 42.5 Å². The van der Waals surface area contributed by atoms with Crippen molar-refractivity contribution in [1.82, 2.24) is 4.98 Å². The van der Waals surface area contributed by atoms with Gasteiger partial charge in [-0.15, -0.1) is 0 Å². The van der Waals surface area contributed by atoms with Gasteiger partial charge in [-0.1, -0.05) is 18.2 Å². The molecule has 0 fully saturated rings. The molecule has 1 heterocycles. The maximum absolute atomic E-state index is 9.76. The number of benzene rings is 1. The molecule has 2 nitrogen and oxygen atoms in total. The Morgan fingerprint density at radius 2 is 2.12 bits per heavy atom. The molecule has 1 aromatic heterocycles. The van der Waals surface area contributed by atoms with Crippen LogP contribution >= 0.6 is 0 Å². The molecular weight excluding hydrogens is 198 g/mol. The van der Waals surface area contributed by atoms with Gasteiger partial charge in [0.05, 0.1) is 0 Å². The van der Waals surface area contributed by atoms with Crippen molar-refractivity contribution in [3.8, 4) is 5.75 Å². The highest BCUT2D eigenvalue weighted by Gasteiger charge is 2.12. The predicted molar refractivity (Wildman–Crippen MR) is 65.2 cm³/mol. The SMILES string of the molecule is Oc1ccc(C2=CCCC2)c2cccnc12. The van der Waals surface area contributed by atoms with Gasteiger partial charge in [0.1, 0.15) is 11.3 Å². The van der Waals surface area contributed by atoms with Gasteiger partial charge in [-0.3, -0.25) is 4.98 Å². The van der Waals surface area contributed by atoms with Crippen molar-refractivity contribution in [2.75, 3.05) is 0 Å². The molecule has 0 saturated carbocycles. The van der Waals surface area contributed by atoms with Crippen molar-refractivity contribution < 1.29 is 5.11 Å². The number of fused-ring (bicyclic) bond motifs is 1. The number of nitrogens with zero attached hydrogens (tertiary/aromatic N) is 1. The molecule has 0 spiro atoms. The summed E-state index contributed by atoms with van der Waals surface area (Å²) in [5, 5.41) is 10.8. The van der Waals surface area contributed by atoms with Crippen molar-refractivity contribution in [3.63, 3.8) is 0 Å². The molecule has 2 aromatic rings. The van der Waals surface area contributed by atoms with Gasteiger partial charge in [-0.2, -0.15) is 0 Å². The molecule has 0 saturated heterocycles. The largest absolute Gasteiger partial charge is 0.506 e. The topological polar surface area (TPSA) is 33.1 Å². The maximum atomic E-state index is 9.76. The first-order chi connectivity index (χ1) is 7.86. The molecule has 0 radical (unpaired) electrons. The average molecular weight is 211 g/mol. The van der Waals surface area contributed by atoms with Crippen LogP contribution in [0.4, 0.5) is 0 Å². The lowest BCUT2D eigenvalue weighted by Crippen LogP contribution is -1.86. The number of aromatic hydroxyl groups is 1. The zero-order valence-electron chi connectivity index (χ0n) is 8.98. The van der Waals surface area contributed by atoms with Crippen molar-refractivity contribution in [2.24, 2.45) is 0 Å². The Hall–Kier alpha value is -1.83. The average Bonchev–Trinajstić information content (AvgIpc) is 2.83. The summed E-state index contributed by atoms with van der Waals surface area (Å²) < 4.78 is 0. The fourth-order valence-electron chi connectivity index (χ4n) is 2.35. The smallest absolute Gasteiger partial charge is 0.141 e. The Kier molecular flexibility index (Phi) is 2.13. The molecule has 3 rings (SSSR count). The first-order valence-corrected chi connectivity index (χ1v) is 5.62. The molecular formula is C14H13NO. The van der Waals surface area contributed by atoms with Crippen LogP contribution in [0, 0.1) is 0 Å². The number of aromatic nitrogens is 1. The summed E-state index contributed by atoms with van der Waals surface area (Å²) in [6, 6.07) is 7.68. The fourth-order valence-corrected chi connectivity index (χ4v) is 2.35. The Morgan fingerprint density at radius 3 is 2.94 bits per heavy atom. The van der Waals surface area contributed by atoms with Crippen LogP contribution in [0.3, 0.4) is 0 Å². The van der Waals surface area contributed by atoms with Crippen molar-refractivity contribution in [1.29, 1.82) is 0 Å². The molecule has 0 aliphatic heterocycles. The quantitative estimate of drug-likeness (QED) is 0.783. The van der Waals surface area contributed by atoms with E-state index >= 15 is 0 Å². The van der Waals surface area contributed by atoms with Crippen LogP contribution in [-0.4, -0.2) is 10.1 Å². The lowest BCUT2D eigenvalue weighted by molar-refractivity contribution is 0.480. The third kappa shape index (κ3) is 1.38. The third-order valence-electron chi connectivity index (χ3n) is 3.14. The third-order valence-corrected chi connectivity index (χ3v) is 3.14. The van der Waals surface area contributed by atoms with E-state index in [0.29, 0.717) is 5.52 Å². The number of phenols is 1. The highest BCUT2D eigenvalue weighted by atomic mass is 16.3. The summed E-state index contributed by atoms with van der Waals surface area (Å²) in [7, 11) is 0. The molecule has 1 N–H and O–H groups in total. The Bertz CT molecular complexity index is 572. The van der Waals surface area contributed by atoms with Crippen molar-refractivity contribution in [3.05, 3.63) is 42.1 Å². The second-order valence-corrected chi connectivity index (χ2v) is 4.15. The monoisotopic (exact) mass is 211 g/mol. The molecule has 0 amide bonds. The molecule has 16 heavy (non-hydrogen) atoms. The number of pyridine rings is 1. The Morgan fingerprint density at radius 1 is 1.19 bits per heavy atom. The van der Waals surface area contributed by atoms with Crippen LogP contribution in [-0.2, 0) is 0 Å². The molecule has 0 bridgehead atoms. The predicted octanol–water partition coefficient (Wildman–Crippen LogP) is 3.51. The number of phenolic OH excluding ortho intramolecular Hbond substituents is 1. The van der Waals surface area contributed by atoms with E-state index in [4.69, 9.17) is 0 Å². The van der Waals surface area contributed by atoms with Crippen molar-refractivity contribution >= 4 is 16.5 Å². The molecule has 2 heteroatoms. The highest BCUT2D eigenvalue weighted by Crippen LogP contribution is 2.34. The molecule has 0 unspecified atom stereocenters. The van der Waals surface area contributed by atoms with E-state index in [2.05, 4.69) is 11.1 Å². The van der Waals surface area contributed by atoms with E-state index in [0.717, 1.165) is 18.2 Å². The van der Waals surface area contributed by atoms with Gasteiger partial charge in [0.25, 0.3) is 0 Å². The van der Waals surface area contributed by atoms with E-state index < -0.39 is 0 Å². The maximum Gasteiger partial charge on any atom is 0.141 e. The molecule has 0 atom stereocenters. The highest BCUT2D eigenvalue weighted by molar-refractivity contribution is 5.95. The summed E-state index contributed by atoms with van der Waals surface area (Å²) in [5.41, 5.74) is 3.31. The van der Waals surface area contributed by atoms with Gasteiger partial charge in [0, 0.05) is 11.6 Å². The minimum absolute atomic E-state index is 0.262. The Balaban J connectivity index is 2.29. The first kappa shape index (κ1) is 9.40. The van der Waals surface area contributed by atoms with Gasteiger partial charge < -0.3 is 5.11 Å². The van der Waals surface area contributed by atoms with Crippen LogP contribution in [0.1, 0.15) is 24.8 Å². The lowest BCUT2D eigenvalue weighted by atomic mass is 10.00. The minimum Gasteiger partial charge on any atom is -0.506 e. The molecule has 1 aromatic carbocycles. The summed E-state index contributed by atoms with van der Waals surface area (Å²) in [6.45, 7) is 0. The van der Waals surface area contributed by atoms with E-state index in [1.54, 1.807) is 12.3 Å². The standard InChI is InChI=1S/C14H13NO/c16-13-8-7-11(10-4-1-2-5-10)12-6-3-9-15-14(12)13/h3-4,6-9,16H,1-2,5H2. The molecule has 1 aliphatic rings. The second kappa shape index (κ2) is 3.63. The molecule has 80 valence electrons. The summed E-state index contributed by atoms with van der Waals surface area (Å²) in [6.07, 6.45) is 7.54. The van der Waals surface area contributed by atoms with Crippen LogP contribution in [0.2, 0.25) is 0 Å². The number of hydrogen-bond acceptors (Lipinski definition) is 2. The fraction of sp³-hybridized carbons (Fsp3) is 0.214. The van der Waals surface area contributed by atoms with Gasteiger partial charge in [0.15, 0.2) is 0 Å². The summed E-state index contributed by atoms with van der Waals surface area (Å²) >= 11 is 0. The van der Waals surface area contributed by atoms with E-state index in [1.165, 1.54) is 17.6 Å². The first-order valence-electron chi connectivity index (χ1n) is 5.62. The number of allylic oxidation sites excluding steroid dienone is 2. The van der Waals surface area contributed by atoms with Gasteiger partial charge in [0.2, 0.25) is 0 Å². The van der Waals surface area contributed by atoms with E-state index in [9.17, 15) is 5.11 Å². The van der Waals surface area contributed by atoms with Crippen LogP contribution in [0.25, 0.3) is 16.5 Å².